The van der Waals surface area contributed by atoms with Crippen LogP contribution in [0.3, 0.4) is 0 Å². The van der Waals surface area contributed by atoms with Gasteiger partial charge in [-0.1, -0.05) is 28.1 Å². The summed E-state index contributed by atoms with van der Waals surface area (Å²) in [7, 11) is 2.01. The highest BCUT2D eigenvalue weighted by Crippen LogP contribution is 2.16. The molecule has 1 aromatic carbocycles. The smallest absolute Gasteiger partial charge is 0.234 e. The lowest BCUT2D eigenvalue weighted by molar-refractivity contribution is -0.123. The minimum Gasteiger partial charge on any atom is -0.348 e. The number of likely N-dealkylation sites (tertiary alicyclic amines) is 1. The topological polar surface area (TPSA) is 44.4 Å². The van der Waals surface area contributed by atoms with Gasteiger partial charge in [0, 0.05) is 23.6 Å². The van der Waals surface area contributed by atoms with E-state index in [0.29, 0.717) is 12.6 Å². The van der Waals surface area contributed by atoms with Crippen molar-refractivity contribution in [1.29, 1.82) is 0 Å². The van der Waals surface area contributed by atoms with Gasteiger partial charge in [-0.2, -0.15) is 0 Å². The number of amides is 1. The second kappa shape index (κ2) is 7.92. The molecule has 1 fully saturated rings. The van der Waals surface area contributed by atoms with E-state index in [4.69, 9.17) is 0 Å². The Hall–Kier alpha value is -0.910. The third kappa shape index (κ3) is 5.09. The van der Waals surface area contributed by atoms with Gasteiger partial charge in [-0.3, -0.25) is 9.69 Å². The Morgan fingerprint density at radius 2 is 1.95 bits per heavy atom. The lowest BCUT2D eigenvalue weighted by atomic mass is 10.1. The summed E-state index contributed by atoms with van der Waals surface area (Å²) < 4.78 is 1.05. The molecule has 21 heavy (non-hydrogen) atoms. The minimum atomic E-state index is 0.0421. The molecule has 0 aromatic heterocycles. The Bertz CT molecular complexity index is 455. The average molecular weight is 354 g/mol. The molecule has 2 rings (SSSR count). The molecule has 1 aliphatic heterocycles. The fourth-order valence-corrected chi connectivity index (χ4v) is 2.97. The lowest BCUT2D eigenvalue weighted by Crippen LogP contribution is -2.45. The van der Waals surface area contributed by atoms with E-state index >= 15 is 0 Å². The summed E-state index contributed by atoms with van der Waals surface area (Å²) in [5, 5.41) is 6.38. The van der Waals surface area contributed by atoms with Gasteiger partial charge in [0.15, 0.2) is 0 Å². The number of nitrogens with one attached hydrogen (secondary N) is 2. The highest BCUT2D eigenvalue weighted by Gasteiger charge is 2.20. The van der Waals surface area contributed by atoms with Crippen LogP contribution in [-0.4, -0.2) is 43.5 Å². The molecule has 0 radical (unpaired) electrons. The molecular weight excluding hydrogens is 330 g/mol. The first-order chi connectivity index (χ1) is 10.1. The quantitative estimate of drug-likeness (QED) is 0.853. The number of piperidine rings is 1. The summed E-state index contributed by atoms with van der Waals surface area (Å²) in [6.45, 7) is 4.50. The van der Waals surface area contributed by atoms with Crippen LogP contribution < -0.4 is 10.6 Å². The van der Waals surface area contributed by atoms with Gasteiger partial charge >= 0.3 is 0 Å². The molecule has 2 N–H and O–H groups in total. The summed E-state index contributed by atoms with van der Waals surface area (Å²) >= 11 is 3.42. The van der Waals surface area contributed by atoms with Crippen molar-refractivity contribution in [2.75, 3.05) is 26.7 Å². The van der Waals surface area contributed by atoms with Gasteiger partial charge in [0.25, 0.3) is 0 Å². The first kappa shape index (κ1) is 16.5. The molecule has 0 spiro atoms. The summed E-state index contributed by atoms with van der Waals surface area (Å²) in [6, 6.07) is 8.72. The van der Waals surface area contributed by atoms with E-state index in [0.717, 1.165) is 36.0 Å². The van der Waals surface area contributed by atoms with Crippen molar-refractivity contribution in [1.82, 2.24) is 15.5 Å². The molecular formula is C16H24BrN3O. The molecule has 4 nitrogen and oxygen atoms in total. The monoisotopic (exact) mass is 353 g/mol. The van der Waals surface area contributed by atoms with E-state index in [1.165, 1.54) is 0 Å². The highest BCUT2D eigenvalue weighted by molar-refractivity contribution is 9.10. The van der Waals surface area contributed by atoms with E-state index in [1.807, 2.05) is 38.2 Å². The molecule has 1 saturated heterocycles. The van der Waals surface area contributed by atoms with E-state index in [-0.39, 0.29) is 11.9 Å². The molecule has 0 aliphatic carbocycles. The maximum Gasteiger partial charge on any atom is 0.234 e. The predicted octanol–water partition coefficient (Wildman–Crippen LogP) is 2.31. The zero-order chi connectivity index (χ0) is 15.2. The van der Waals surface area contributed by atoms with Crippen molar-refractivity contribution < 1.29 is 4.79 Å². The first-order valence-corrected chi connectivity index (χ1v) is 8.32. The normalized spacial score (nSPS) is 18.4. The maximum absolute atomic E-state index is 12.1. The van der Waals surface area contributed by atoms with Crippen molar-refractivity contribution in [3.05, 3.63) is 34.3 Å². The Kier molecular flexibility index (Phi) is 6.21. The molecule has 1 aromatic rings. The van der Waals surface area contributed by atoms with Crippen molar-refractivity contribution in [2.45, 2.75) is 31.8 Å². The van der Waals surface area contributed by atoms with Gasteiger partial charge in [-0.05, 0) is 44.5 Å². The van der Waals surface area contributed by atoms with E-state index in [9.17, 15) is 4.79 Å². The van der Waals surface area contributed by atoms with Crippen molar-refractivity contribution in [3.63, 3.8) is 0 Å². The molecule has 0 bridgehead atoms. The molecule has 1 amide bonds. The zero-order valence-electron chi connectivity index (χ0n) is 12.7. The zero-order valence-corrected chi connectivity index (χ0v) is 14.3. The van der Waals surface area contributed by atoms with Gasteiger partial charge < -0.3 is 10.6 Å². The molecule has 116 valence electrons. The molecule has 0 saturated carbocycles. The SMILES string of the molecule is CNC1CCN(CC(=O)NC(C)c2ccc(Br)cc2)CC1. The second-order valence-electron chi connectivity index (χ2n) is 5.68. The fraction of sp³-hybridized carbons (Fsp3) is 0.562. The van der Waals surface area contributed by atoms with Gasteiger partial charge in [0.05, 0.1) is 12.6 Å². The van der Waals surface area contributed by atoms with E-state index in [1.54, 1.807) is 0 Å². The summed E-state index contributed by atoms with van der Waals surface area (Å²) in [5.74, 6) is 0.105. The second-order valence-corrected chi connectivity index (χ2v) is 6.60. The van der Waals surface area contributed by atoms with Crippen LogP contribution in [0.2, 0.25) is 0 Å². The van der Waals surface area contributed by atoms with Gasteiger partial charge in [0.2, 0.25) is 5.91 Å². The number of rotatable bonds is 5. The van der Waals surface area contributed by atoms with Gasteiger partial charge in [-0.25, -0.2) is 0 Å². The lowest BCUT2D eigenvalue weighted by Gasteiger charge is -2.31. The van der Waals surface area contributed by atoms with Crippen LogP contribution in [-0.2, 0) is 4.79 Å². The van der Waals surface area contributed by atoms with Crippen LogP contribution >= 0.6 is 15.9 Å². The van der Waals surface area contributed by atoms with Crippen LogP contribution in [0.25, 0.3) is 0 Å². The number of benzene rings is 1. The predicted molar refractivity (Wildman–Crippen MR) is 89.2 cm³/mol. The molecule has 1 unspecified atom stereocenters. The third-order valence-corrected chi connectivity index (χ3v) is 4.64. The van der Waals surface area contributed by atoms with Crippen LogP contribution in [0.15, 0.2) is 28.7 Å². The average Bonchev–Trinajstić information content (AvgIpc) is 2.48. The van der Waals surface area contributed by atoms with E-state index in [2.05, 4.69) is 31.5 Å². The van der Waals surface area contributed by atoms with Crippen LogP contribution in [0, 0.1) is 0 Å². The largest absolute Gasteiger partial charge is 0.348 e. The number of hydrogen-bond acceptors (Lipinski definition) is 3. The number of nitrogens with zero attached hydrogens (tertiary/aromatic N) is 1. The van der Waals surface area contributed by atoms with Crippen molar-refractivity contribution in [2.24, 2.45) is 0 Å². The van der Waals surface area contributed by atoms with Gasteiger partial charge in [0.1, 0.15) is 0 Å². The first-order valence-electron chi connectivity index (χ1n) is 7.53. The standard InChI is InChI=1S/C16H24BrN3O/c1-12(13-3-5-14(17)6-4-13)19-16(21)11-20-9-7-15(18-2)8-10-20/h3-6,12,15,18H,7-11H2,1-2H3,(H,19,21). The maximum atomic E-state index is 12.1. The molecule has 1 aliphatic rings. The van der Waals surface area contributed by atoms with Crippen molar-refractivity contribution in [3.8, 4) is 0 Å². The number of carbonyl (C=O) groups is 1. The number of hydrogen-bond donors (Lipinski definition) is 2. The Morgan fingerprint density at radius 3 is 2.52 bits per heavy atom. The Balaban J connectivity index is 1.78. The minimum absolute atomic E-state index is 0.0421. The Labute approximate surface area is 135 Å². The summed E-state index contributed by atoms with van der Waals surface area (Å²) in [4.78, 5) is 14.4. The van der Waals surface area contributed by atoms with Crippen molar-refractivity contribution >= 4 is 21.8 Å². The summed E-state index contributed by atoms with van der Waals surface area (Å²) in [5.41, 5.74) is 1.13. The van der Waals surface area contributed by atoms with E-state index < -0.39 is 0 Å². The summed E-state index contributed by atoms with van der Waals surface area (Å²) in [6.07, 6.45) is 2.23. The van der Waals surface area contributed by atoms with Crippen LogP contribution in [0.1, 0.15) is 31.4 Å². The number of carbonyl (C=O) groups excluding carboxylic acids is 1. The Morgan fingerprint density at radius 1 is 1.33 bits per heavy atom. The third-order valence-electron chi connectivity index (χ3n) is 4.11. The highest BCUT2D eigenvalue weighted by atomic mass is 79.9. The molecule has 5 heteroatoms. The number of halogens is 1. The van der Waals surface area contributed by atoms with Crippen LogP contribution in [0.4, 0.5) is 0 Å². The van der Waals surface area contributed by atoms with Gasteiger partial charge in [-0.15, -0.1) is 0 Å². The fourth-order valence-electron chi connectivity index (χ4n) is 2.70. The molecule has 1 atom stereocenters. The molecule has 1 heterocycles. The van der Waals surface area contributed by atoms with Crippen LogP contribution in [0.5, 0.6) is 0 Å².